The van der Waals surface area contributed by atoms with Gasteiger partial charge in [0.1, 0.15) is 11.6 Å². The second-order valence-corrected chi connectivity index (χ2v) is 5.51. The molecule has 0 bridgehead atoms. The van der Waals surface area contributed by atoms with Crippen LogP contribution in [0, 0.1) is 6.92 Å². The van der Waals surface area contributed by atoms with Crippen LogP contribution in [-0.4, -0.2) is 16.5 Å². The monoisotopic (exact) mass is 331 g/mol. The number of nitrogens with zero attached hydrogens (tertiary/aromatic N) is 2. The van der Waals surface area contributed by atoms with Gasteiger partial charge in [0, 0.05) is 11.9 Å². The van der Waals surface area contributed by atoms with E-state index in [0.29, 0.717) is 18.8 Å². The zero-order chi connectivity index (χ0) is 17.2. The summed E-state index contributed by atoms with van der Waals surface area (Å²) >= 11 is 0. The van der Waals surface area contributed by atoms with Gasteiger partial charge in [-0.1, -0.05) is 24.3 Å². The standard InChI is InChI=1S/C18H16F3N3/c1-12-23-16-5-3-2-4-15(16)17(24-12)22-11-10-13-6-8-14(9-7-13)18(19,20)21/h2-9H,10-11H2,1H3,(H,22,23,24). The molecule has 3 rings (SSSR count). The van der Waals surface area contributed by atoms with Crippen molar-refractivity contribution < 1.29 is 13.2 Å². The van der Waals surface area contributed by atoms with Gasteiger partial charge >= 0.3 is 6.18 Å². The van der Waals surface area contributed by atoms with Crippen LogP contribution in [0.1, 0.15) is 17.0 Å². The summed E-state index contributed by atoms with van der Waals surface area (Å²) in [6.07, 6.45) is -3.69. The molecule has 3 aromatic rings. The van der Waals surface area contributed by atoms with Gasteiger partial charge in [-0.25, -0.2) is 9.97 Å². The molecule has 124 valence electrons. The molecule has 0 amide bonds. The Bertz CT molecular complexity index is 842. The quantitative estimate of drug-likeness (QED) is 0.758. The van der Waals surface area contributed by atoms with Crippen LogP contribution in [0.5, 0.6) is 0 Å². The van der Waals surface area contributed by atoms with E-state index in [0.717, 1.165) is 34.4 Å². The summed E-state index contributed by atoms with van der Waals surface area (Å²) in [7, 11) is 0. The third-order valence-electron chi connectivity index (χ3n) is 3.70. The number of aryl methyl sites for hydroxylation is 1. The smallest absolute Gasteiger partial charge is 0.369 e. The highest BCUT2D eigenvalue weighted by molar-refractivity contribution is 5.88. The average Bonchev–Trinajstić information content (AvgIpc) is 2.54. The molecular formula is C18H16F3N3. The van der Waals surface area contributed by atoms with Crippen molar-refractivity contribution in [2.75, 3.05) is 11.9 Å². The third-order valence-corrected chi connectivity index (χ3v) is 3.70. The normalized spacial score (nSPS) is 11.7. The molecular weight excluding hydrogens is 315 g/mol. The summed E-state index contributed by atoms with van der Waals surface area (Å²) < 4.78 is 37.7. The summed E-state index contributed by atoms with van der Waals surface area (Å²) in [6.45, 7) is 2.40. The Kier molecular flexibility index (Phi) is 4.38. The molecule has 0 radical (unpaired) electrons. The van der Waals surface area contributed by atoms with Crippen molar-refractivity contribution in [3.63, 3.8) is 0 Å². The number of benzene rings is 2. The zero-order valence-corrected chi connectivity index (χ0v) is 13.1. The van der Waals surface area contributed by atoms with Gasteiger partial charge in [0.25, 0.3) is 0 Å². The van der Waals surface area contributed by atoms with E-state index in [1.54, 1.807) is 0 Å². The number of fused-ring (bicyclic) bond motifs is 1. The van der Waals surface area contributed by atoms with Crippen molar-refractivity contribution >= 4 is 16.7 Å². The van der Waals surface area contributed by atoms with Crippen molar-refractivity contribution in [1.82, 2.24) is 9.97 Å². The zero-order valence-electron chi connectivity index (χ0n) is 13.1. The molecule has 1 heterocycles. The Balaban J connectivity index is 1.69. The molecule has 0 fully saturated rings. The maximum Gasteiger partial charge on any atom is 0.416 e. The van der Waals surface area contributed by atoms with Crippen LogP contribution in [0.15, 0.2) is 48.5 Å². The maximum atomic E-state index is 12.6. The van der Waals surface area contributed by atoms with Crippen LogP contribution in [0.25, 0.3) is 10.9 Å². The Morgan fingerprint density at radius 2 is 1.67 bits per heavy atom. The van der Waals surface area contributed by atoms with Crippen LogP contribution < -0.4 is 5.32 Å². The first-order chi connectivity index (χ1) is 11.4. The van der Waals surface area contributed by atoms with Crippen LogP contribution in [0.4, 0.5) is 19.0 Å². The molecule has 1 N–H and O–H groups in total. The molecule has 0 atom stereocenters. The minimum atomic E-state index is -4.30. The van der Waals surface area contributed by atoms with Crippen LogP contribution in [0.3, 0.4) is 0 Å². The Hall–Kier alpha value is -2.63. The van der Waals surface area contributed by atoms with Gasteiger partial charge in [-0.05, 0) is 43.2 Å². The SMILES string of the molecule is Cc1nc(NCCc2ccc(C(F)(F)F)cc2)c2ccccc2n1. The van der Waals surface area contributed by atoms with E-state index in [-0.39, 0.29) is 0 Å². The third kappa shape index (κ3) is 3.64. The Morgan fingerprint density at radius 3 is 2.38 bits per heavy atom. The van der Waals surface area contributed by atoms with E-state index in [1.807, 2.05) is 31.2 Å². The highest BCUT2D eigenvalue weighted by Gasteiger charge is 2.29. The van der Waals surface area contributed by atoms with Crippen LogP contribution in [-0.2, 0) is 12.6 Å². The molecule has 2 aromatic carbocycles. The van der Waals surface area contributed by atoms with Crippen molar-refractivity contribution in [2.45, 2.75) is 19.5 Å². The first-order valence-electron chi connectivity index (χ1n) is 7.57. The molecule has 6 heteroatoms. The minimum Gasteiger partial charge on any atom is -0.369 e. The van der Waals surface area contributed by atoms with Gasteiger partial charge in [-0.2, -0.15) is 13.2 Å². The molecule has 1 aromatic heterocycles. The first-order valence-corrected chi connectivity index (χ1v) is 7.57. The number of halogens is 3. The minimum absolute atomic E-state index is 0.575. The number of rotatable bonds is 4. The lowest BCUT2D eigenvalue weighted by Gasteiger charge is -2.10. The summed E-state index contributed by atoms with van der Waals surface area (Å²) in [5.41, 5.74) is 1.07. The van der Waals surface area contributed by atoms with E-state index in [2.05, 4.69) is 15.3 Å². The number of para-hydroxylation sites is 1. The van der Waals surface area contributed by atoms with Gasteiger partial charge in [0.15, 0.2) is 0 Å². The highest BCUT2D eigenvalue weighted by atomic mass is 19.4. The van der Waals surface area contributed by atoms with Crippen molar-refractivity contribution in [2.24, 2.45) is 0 Å². The van der Waals surface area contributed by atoms with Gasteiger partial charge in [0.2, 0.25) is 0 Å². The molecule has 0 unspecified atom stereocenters. The fraction of sp³-hybridized carbons (Fsp3) is 0.222. The van der Waals surface area contributed by atoms with Crippen molar-refractivity contribution in [3.05, 3.63) is 65.5 Å². The van der Waals surface area contributed by atoms with Crippen molar-refractivity contribution in [3.8, 4) is 0 Å². The van der Waals surface area contributed by atoms with Crippen LogP contribution in [0.2, 0.25) is 0 Å². The highest BCUT2D eigenvalue weighted by Crippen LogP contribution is 2.29. The van der Waals surface area contributed by atoms with Crippen molar-refractivity contribution in [1.29, 1.82) is 0 Å². The molecule has 0 spiro atoms. The second-order valence-electron chi connectivity index (χ2n) is 5.51. The fourth-order valence-corrected chi connectivity index (χ4v) is 2.51. The summed E-state index contributed by atoms with van der Waals surface area (Å²) in [4.78, 5) is 8.79. The summed E-state index contributed by atoms with van der Waals surface area (Å²) in [5.74, 6) is 1.41. The van der Waals surface area contributed by atoms with Gasteiger partial charge in [-0.15, -0.1) is 0 Å². The fourth-order valence-electron chi connectivity index (χ4n) is 2.51. The van der Waals surface area contributed by atoms with E-state index >= 15 is 0 Å². The lowest BCUT2D eigenvalue weighted by Crippen LogP contribution is -2.09. The number of nitrogens with one attached hydrogen (secondary N) is 1. The van der Waals surface area contributed by atoms with E-state index in [9.17, 15) is 13.2 Å². The molecule has 0 aliphatic heterocycles. The van der Waals surface area contributed by atoms with E-state index in [4.69, 9.17) is 0 Å². The second kappa shape index (κ2) is 6.47. The first kappa shape index (κ1) is 16.2. The average molecular weight is 331 g/mol. The van der Waals surface area contributed by atoms with E-state index < -0.39 is 11.7 Å². The predicted octanol–water partition coefficient (Wildman–Crippen LogP) is 4.61. The molecule has 3 nitrogen and oxygen atoms in total. The topological polar surface area (TPSA) is 37.8 Å². The number of alkyl halides is 3. The lowest BCUT2D eigenvalue weighted by molar-refractivity contribution is -0.137. The largest absolute Gasteiger partial charge is 0.416 e. The summed E-state index contributed by atoms with van der Waals surface area (Å²) in [5, 5.41) is 4.17. The molecule has 0 aliphatic carbocycles. The van der Waals surface area contributed by atoms with Gasteiger partial charge < -0.3 is 5.32 Å². The van der Waals surface area contributed by atoms with Crippen LogP contribution >= 0.6 is 0 Å². The molecule has 24 heavy (non-hydrogen) atoms. The lowest BCUT2D eigenvalue weighted by atomic mass is 10.1. The number of aromatic nitrogens is 2. The Labute approximate surface area is 137 Å². The number of hydrogen-bond donors (Lipinski definition) is 1. The molecule has 0 saturated heterocycles. The molecule has 0 aliphatic rings. The Morgan fingerprint density at radius 1 is 0.958 bits per heavy atom. The van der Waals surface area contributed by atoms with E-state index in [1.165, 1.54) is 12.1 Å². The molecule has 0 saturated carbocycles. The van der Waals surface area contributed by atoms with Gasteiger partial charge in [0.05, 0.1) is 11.1 Å². The number of anilines is 1. The van der Waals surface area contributed by atoms with Gasteiger partial charge in [-0.3, -0.25) is 0 Å². The number of hydrogen-bond acceptors (Lipinski definition) is 3. The maximum absolute atomic E-state index is 12.6. The summed E-state index contributed by atoms with van der Waals surface area (Å²) in [6, 6.07) is 12.9. The predicted molar refractivity (Wildman–Crippen MR) is 87.9 cm³/mol.